The van der Waals surface area contributed by atoms with Gasteiger partial charge in [0, 0.05) is 12.1 Å². The molecular weight excluding hydrogens is 318 g/mol. The predicted octanol–water partition coefficient (Wildman–Crippen LogP) is 3.89. The quantitative estimate of drug-likeness (QED) is 0.613. The predicted molar refractivity (Wildman–Crippen MR) is 97.1 cm³/mol. The zero-order valence-corrected chi connectivity index (χ0v) is 14.8. The molecule has 0 aliphatic heterocycles. The highest BCUT2D eigenvalue weighted by molar-refractivity contribution is 5.94. The Labute approximate surface area is 148 Å². The molecule has 132 valence electrons. The van der Waals surface area contributed by atoms with Gasteiger partial charge in [-0.3, -0.25) is 4.79 Å². The van der Waals surface area contributed by atoms with Gasteiger partial charge >= 0.3 is 5.97 Å². The van der Waals surface area contributed by atoms with Gasteiger partial charge in [0.25, 0.3) is 0 Å². The van der Waals surface area contributed by atoms with Gasteiger partial charge in [0.2, 0.25) is 5.91 Å². The third-order valence-electron chi connectivity index (χ3n) is 3.93. The molecule has 25 heavy (non-hydrogen) atoms. The zero-order valence-electron chi connectivity index (χ0n) is 14.8. The molecule has 0 aromatic heterocycles. The lowest BCUT2D eigenvalue weighted by Gasteiger charge is -2.11. The van der Waals surface area contributed by atoms with Crippen LogP contribution in [0.15, 0.2) is 42.5 Å². The summed E-state index contributed by atoms with van der Waals surface area (Å²) in [6, 6.07) is 12.6. The molecule has 1 N–H and O–H groups in total. The van der Waals surface area contributed by atoms with E-state index < -0.39 is 5.97 Å². The summed E-state index contributed by atoms with van der Waals surface area (Å²) in [5.74, 6) is 0.302. The molecule has 5 nitrogen and oxygen atoms in total. The molecule has 0 radical (unpaired) electrons. The highest BCUT2D eigenvalue weighted by Crippen LogP contribution is 2.20. The van der Waals surface area contributed by atoms with E-state index in [2.05, 4.69) is 10.1 Å². The summed E-state index contributed by atoms with van der Waals surface area (Å²) < 4.78 is 10.4. The molecule has 0 aliphatic rings. The number of carbonyl (C=O) groups is 2. The first-order valence-electron chi connectivity index (χ1n) is 8.18. The van der Waals surface area contributed by atoms with E-state index in [0.29, 0.717) is 30.7 Å². The second kappa shape index (κ2) is 8.87. The molecule has 1 amide bonds. The number of aryl methyl sites for hydroxylation is 1. The average molecular weight is 341 g/mol. The van der Waals surface area contributed by atoms with Gasteiger partial charge in [-0.2, -0.15) is 0 Å². The second-order valence-electron chi connectivity index (χ2n) is 5.77. The average Bonchev–Trinajstić information content (AvgIpc) is 2.61. The number of benzene rings is 2. The molecule has 0 aliphatic carbocycles. The summed E-state index contributed by atoms with van der Waals surface area (Å²) >= 11 is 0. The van der Waals surface area contributed by atoms with Crippen molar-refractivity contribution in [2.24, 2.45) is 0 Å². The molecule has 0 heterocycles. The fourth-order valence-electron chi connectivity index (χ4n) is 2.36. The third kappa shape index (κ3) is 5.35. The van der Waals surface area contributed by atoms with Crippen LogP contribution in [0, 0.1) is 13.8 Å². The van der Waals surface area contributed by atoms with E-state index in [-0.39, 0.29) is 5.91 Å². The Morgan fingerprint density at radius 1 is 1.08 bits per heavy atom. The maximum Gasteiger partial charge on any atom is 0.337 e. The normalized spacial score (nSPS) is 10.2. The maximum absolute atomic E-state index is 12.0. The Bertz CT molecular complexity index is 755. The molecule has 2 rings (SSSR count). The van der Waals surface area contributed by atoms with E-state index in [9.17, 15) is 9.59 Å². The standard InChI is InChI=1S/C20H23NO4/c1-14-7-4-10-18(15(14)2)25-12-6-11-19(22)21-17-9-5-8-16(13-17)20(23)24-3/h4-5,7-10,13H,6,11-12H2,1-3H3,(H,21,22). The van der Waals surface area contributed by atoms with Crippen LogP contribution in [-0.4, -0.2) is 25.6 Å². The second-order valence-corrected chi connectivity index (χ2v) is 5.77. The van der Waals surface area contributed by atoms with Gasteiger partial charge in [-0.25, -0.2) is 4.79 Å². The summed E-state index contributed by atoms with van der Waals surface area (Å²) in [6.45, 7) is 4.53. The number of rotatable bonds is 7. The van der Waals surface area contributed by atoms with Crippen molar-refractivity contribution < 1.29 is 19.1 Å². The van der Waals surface area contributed by atoms with Crippen LogP contribution >= 0.6 is 0 Å². The van der Waals surface area contributed by atoms with Crippen molar-refractivity contribution in [3.63, 3.8) is 0 Å². The number of nitrogens with one attached hydrogen (secondary N) is 1. The van der Waals surface area contributed by atoms with Crippen molar-refractivity contribution in [2.45, 2.75) is 26.7 Å². The van der Waals surface area contributed by atoms with Crippen LogP contribution in [-0.2, 0) is 9.53 Å². The van der Waals surface area contributed by atoms with Crippen LogP contribution < -0.4 is 10.1 Å². The van der Waals surface area contributed by atoms with Crippen LogP contribution in [0.1, 0.15) is 34.3 Å². The SMILES string of the molecule is COC(=O)c1cccc(NC(=O)CCCOc2cccc(C)c2C)c1. The van der Waals surface area contributed by atoms with E-state index in [1.165, 1.54) is 12.7 Å². The van der Waals surface area contributed by atoms with Gasteiger partial charge in [-0.15, -0.1) is 0 Å². The molecule has 5 heteroatoms. The number of ether oxygens (including phenoxy) is 2. The van der Waals surface area contributed by atoms with Crippen molar-refractivity contribution in [2.75, 3.05) is 19.0 Å². The van der Waals surface area contributed by atoms with E-state index >= 15 is 0 Å². The van der Waals surface area contributed by atoms with Crippen molar-refractivity contribution in [1.82, 2.24) is 0 Å². The molecular formula is C20H23NO4. The number of esters is 1. The summed E-state index contributed by atoms with van der Waals surface area (Å²) in [6.07, 6.45) is 0.948. The lowest BCUT2D eigenvalue weighted by atomic mass is 10.1. The Hall–Kier alpha value is -2.82. The maximum atomic E-state index is 12.0. The Kier molecular flexibility index (Phi) is 6.57. The Balaban J connectivity index is 1.79. The Morgan fingerprint density at radius 2 is 1.84 bits per heavy atom. The van der Waals surface area contributed by atoms with Gasteiger partial charge in [-0.05, 0) is 55.7 Å². The first kappa shape index (κ1) is 18.5. The number of carbonyl (C=O) groups excluding carboxylic acids is 2. The third-order valence-corrected chi connectivity index (χ3v) is 3.93. The summed E-state index contributed by atoms with van der Waals surface area (Å²) in [4.78, 5) is 23.5. The minimum atomic E-state index is -0.432. The largest absolute Gasteiger partial charge is 0.493 e. The number of hydrogen-bond donors (Lipinski definition) is 1. The van der Waals surface area contributed by atoms with Crippen molar-refractivity contribution in [1.29, 1.82) is 0 Å². The highest BCUT2D eigenvalue weighted by atomic mass is 16.5. The van der Waals surface area contributed by atoms with Crippen LogP contribution in [0.25, 0.3) is 0 Å². The number of hydrogen-bond acceptors (Lipinski definition) is 4. The van der Waals surface area contributed by atoms with E-state index in [0.717, 1.165) is 11.3 Å². The molecule has 0 saturated heterocycles. The smallest absolute Gasteiger partial charge is 0.337 e. The molecule has 0 spiro atoms. The van der Waals surface area contributed by atoms with Gasteiger partial charge < -0.3 is 14.8 Å². The first-order chi connectivity index (χ1) is 12.0. The summed E-state index contributed by atoms with van der Waals surface area (Å²) in [5.41, 5.74) is 3.27. The van der Waals surface area contributed by atoms with Crippen LogP contribution in [0.3, 0.4) is 0 Å². The first-order valence-corrected chi connectivity index (χ1v) is 8.18. The van der Waals surface area contributed by atoms with Gasteiger partial charge in [0.15, 0.2) is 0 Å². The Morgan fingerprint density at radius 3 is 2.60 bits per heavy atom. The minimum Gasteiger partial charge on any atom is -0.493 e. The molecule has 2 aromatic carbocycles. The van der Waals surface area contributed by atoms with Gasteiger partial charge in [-0.1, -0.05) is 18.2 Å². The van der Waals surface area contributed by atoms with Gasteiger partial charge in [0.05, 0.1) is 19.3 Å². The number of methoxy groups -OCH3 is 1. The van der Waals surface area contributed by atoms with Crippen LogP contribution in [0.4, 0.5) is 5.69 Å². The van der Waals surface area contributed by atoms with E-state index in [1.54, 1.807) is 24.3 Å². The topological polar surface area (TPSA) is 64.6 Å². The summed E-state index contributed by atoms with van der Waals surface area (Å²) in [7, 11) is 1.32. The van der Waals surface area contributed by atoms with Crippen LogP contribution in [0.2, 0.25) is 0 Å². The van der Waals surface area contributed by atoms with Crippen molar-refractivity contribution in [3.05, 3.63) is 59.2 Å². The molecule has 0 fully saturated rings. The molecule has 0 bridgehead atoms. The number of amides is 1. The fourth-order valence-corrected chi connectivity index (χ4v) is 2.36. The molecule has 2 aromatic rings. The lowest BCUT2D eigenvalue weighted by Crippen LogP contribution is -2.13. The van der Waals surface area contributed by atoms with E-state index in [1.807, 2.05) is 32.0 Å². The minimum absolute atomic E-state index is 0.119. The fraction of sp³-hybridized carbons (Fsp3) is 0.300. The zero-order chi connectivity index (χ0) is 18.2. The van der Waals surface area contributed by atoms with Crippen molar-refractivity contribution in [3.8, 4) is 5.75 Å². The van der Waals surface area contributed by atoms with Crippen molar-refractivity contribution >= 4 is 17.6 Å². The molecule has 0 unspecified atom stereocenters. The lowest BCUT2D eigenvalue weighted by molar-refractivity contribution is -0.116. The monoisotopic (exact) mass is 341 g/mol. The number of anilines is 1. The van der Waals surface area contributed by atoms with E-state index in [4.69, 9.17) is 4.74 Å². The highest BCUT2D eigenvalue weighted by Gasteiger charge is 2.08. The van der Waals surface area contributed by atoms with Gasteiger partial charge in [0.1, 0.15) is 5.75 Å². The van der Waals surface area contributed by atoms with Crippen LogP contribution in [0.5, 0.6) is 5.75 Å². The molecule has 0 saturated carbocycles. The molecule has 0 atom stereocenters. The summed E-state index contributed by atoms with van der Waals surface area (Å²) in [5, 5.41) is 2.78.